The van der Waals surface area contributed by atoms with Crippen LogP contribution in [0.4, 0.5) is 5.82 Å². The van der Waals surface area contributed by atoms with Crippen molar-refractivity contribution in [1.82, 2.24) is 4.98 Å². The molecule has 1 atom stereocenters. The summed E-state index contributed by atoms with van der Waals surface area (Å²) in [5, 5.41) is 0.626. The Hall–Kier alpha value is -2.47. The molecular formula is C21H23ClN2O4. The summed E-state index contributed by atoms with van der Waals surface area (Å²) in [7, 11) is 0. The van der Waals surface area contributed by atoms with Crippen LogP contribution in [0.25, 0.3) is 0 Å². The van der Waals surface area contributed by atoms with E-state index in [9.17, 15) is 4.79 Å². The van der Waals surface area contributed by atoms with Gasteiger partial charge in [-0.1, -0.05) is 17.7 Å². The van der Waals surface area contributed by atoms with Gasteiger partial charge in [0, 0.05) is 32.1 Å². The third-order valence-electron chi connectivity index (χ3n) is 5.18. The zero-order valence-electron chi connectivity index (χ0n) is 15.8. The number of piperidine rings is 1. The lowest BCUT2D eigenvalue weighted by atomic mass is 10.00. The number of carbonyl (C=O) groups is 1. The van der Waals surface area contributed by atoms with Crippen molar-refractivity contribution in [2.75, 3.05) is 31.2 Å². The average Bonchev–Trinajstić information content (AvgIpc) is 2.74. The lowest BCUT2D eigenvalue weighted by molar-refractivity contribution is -0.151. The first-order valence-corrected chi connectivity index (χ1v) is 9.94. The van der Waals surface area contributed by atoms with Crippen molar-refractivity contribution in [3.8, 4) is 11.5 Å². The molecule has 2 aromatic rings. The highest BCUT2D eigenvalue weighted by atomic mass is 35.5. The van der Waals surface area contributed by atoms with E-state index in [-0.39, 0.29) is 18.0 Å². The van der Waals surface area contributed by atoms with Crippen LogP contribution in [0.15, 0.2) is 36.5 Å². The first kappa shape index (κ1) is 18.9. The van der Waals surface area contributed by atoms with Gasteiger partial charge in [0.25, 0.3) is 0 Å². The standard InChI is InChI=1S/C21H23ClN2O4/c1-14(15-2-4-18-19(12-15)27-11-10-26-18)21(25)28-17-6-8-24(9-7-17)20-5-3-16(22)13-23-20/h2-5,12-14,17H,6-11H2,1H3. The first-order chi connectivity index (χ1) is 13.6. The van der Waals surface area contributed by atoms with Gasteiger partial charge in [0.05, 0.1) is 10.9 Å². The number of carbonyl (C=O) groups excluding carboxylic acids is 1. The van der Waals surface area contributed by atoms with Gasteiger partial charge in [0.15, 0.2) is 11.5 Å². The van der Waals surface area contributed by atoms with E-state index in [1.54, 1.807) is 6.20 Å². The number of benzene rings is 1. The number of hydrogen-bond donors (Lipinski definition) is 0. The molecule has 1 unspecified atom stereocenters. The van der Waals surface area contributed by atoms with E-state index in [1.807, 2.05) is 37.3 Å². The molecule has 6 nitrogen and oxygen atoms in total. The van der Waals surface area contributed by atoms with Crippen LogP contribution in [-0.2, 0) is 9.53 Å². The van der Waals surface area contributed by atoms with Crippen LogP contribution in [0.1, 0.15) is 31.2 Å². The van der Waals surface area contributed by atoms with Crippen molar-refractivity contribution in [3.05, 3.63) is 47.1 Å². The summed E-state index contributed by atoms with van der Waals surface area (Å²) in [5.74, 6) is 1.75. The fraction of sp³-hybridized carbons (Fsp3) is 0.429. The van der Waals surface area contributed by atoms with Gasteiger partial charge in [0.1, 0.15) is 25.1 Å². The largest absolute Gasteiger partial charge is 0.486 e. The van der Waals surface area contributed by atoms with Crippen LogP contribution in [0, 0.1) is 0 Å². The lowest BCUT2D eigenvalue weighted by Crippen LogP contribution is -2.38. The number of pyridine rings is 1. The van der Waals surface area contributed by atoms with E-state index in [0.29, 0.717) is 24.0 Å². The average molecular weight is 403 g/mol. The monoisotopic (exact) mass is 402 g/mol. The summed E-state index contributed by atoms with van der Waals surface area (Å²) in [6.07, 6.45) is 3.14. The fourth-order valence-electron chi connectivity index (χ4n) is 3.49. The third kappa shape index (κ3) is 4.17. The molecule has 3 heterocycles. The number of esters is 1. The Balaban J connectivity index is 1.32. The van der Waals surface area contributed by atoms with Crippen molar-refractivity contribution < 1.29 is 19.0 Å². The Labute approximate surface area is 169 Å². The number of hydrogen-bond acceptors (Lipinski definition) is 6. The zero-order valence-corrected chi connectivity index (χ0v) is 16.5. The summed E-state index contributed by atoms with van der Waals surface area (Å²) in [5.41, 5.74) is 0.872. The second kappa shape index (κ2) is 8.27. The van der Waals surface area contributed by atoms with Crippen molar-refractivity contribution in [3.63, 3.8) is 0 Å². The molecule has 28 heavy (non-hydrogen) atoms. The Kier molecular flexibility index (Phi) is 5.57. The summed E-state index contributed by atoms with van der Waals surface area (Å²) in [6.45, 7) is 4.53. The SMILES string of the molecule is CC(C(=O)OC1CCN(c2ccc(Cl)cn2)CC1)c1ccc2c(c1)OCCO2. The van der Waals surface area contributed by atoms with Gasteiger partial charge in [-0.2, -0.15) is 0 Å². The van der Waals surface area contributed by atoms with Crippen LogP contribution in [0.5, 0.6) is 11.5 Å². The molecule has 2 aliphatic heterocycles. The molecule has 0 N–H and O–H groups in total. The molecule has 1 aromatic carbocycles. The van der Waals surface area contributed by atoms with E-state index in [1.165, 1.54) is 0 Å². The van der Waals surface area contributed by atoms with Crippen molar-refractivity contribution in [1.29, 1.82) is 0 Å². The quantitative estimate of drug-likeness (QED) is 0.724. The molecule has 0 aliphatic carbocycles. The number of fused-ring (bicyclic) bond motifs is 1. The van der Waals surface area contributed by atoms with Gasteiger partial charge in [-0.05, 0) is 36.8 Å². The molecule has 0 radical (unpaired) electrons. The molecule has 2 aliphatic rings. The Bertz CT molecular complexity index is 835. The van der Waals surface area contributed by atoms with E-state index in [0.717, 1.165) is 43.1 Å². The second-order valence-electron chi connectivity index (χ2n) is 7.08. The minimum atomic E-state index is -0.355. The molecule has 4 rings (SSSR count). The van der Waals surface area contributed by atoms with Gasteiger partial charge in [-0.3, -0.25) is 4.79 Å². The van der Waals surface area contributed by atoms with Crippen LogP contribution in [0.3, 0.4) is 0 Å². The Morgan fingerprint density at radius 2 is 1.93 bits per heavy atom. The predicted octanol–water partition coefficient (Wildman–Crippen LogP) is 3.82. The van der Waals surface area contributed by atoms with Crippen molar-refractivity contribution >= 4 is 23.4 Å². The fourth-order valence-corrected chi connectivity index (χ4v) is 3.60. The molecule has 0 saturated carbocycles. The smallest absolute Gasteiger partial charge is 0.313 e. The number of rotatable bonds is 4. The maximum atomic E-state index is 12.6. The minimum Gasteiger partial charge on any atom is -0.486 e. The Morgan fingerprint density at radius 3 is 2.64 bits per heavy atom. The number of aromatic nitrogens is 1. The highest BCUT2D eigenvalue weighted by Crippen LogP contribution is 2.33. The topological polar surface area (TPSA) is 60.9 Å². The Morgan fingerprint density at radius 1 is 1.18 bits per heavy atom. The van der Waals surface area contributed by atoms with Crippen LogP contribution in [-0.4, -0.2) is 43.4 Å². The van der Waals surface area contributed by atoms with Crippen molar-refractivity contribution in [2.45, 2.75) is 31.8 Å². The molecule has 0 spiro atoms. The molecule has 1 fully saturated rings. The minimum absolute atomic E-state index is 0.0734. The van der Waals surface area contributed by atoms with Crippen LogP contribution in [0.2, 0.25) is 5.02 Å². The van der Waals surface area contributed by atoms with Gasteiger partial charge < -0.3 is 19.1 Å². The molecule has 148 valence electrons. The maximum Gasteiger partial charge on any atom is 0.313 e. The highest BCUT2D eigenvalue weighted by Gasteiger charge is 2.26. The van der Waals surface area contributed by atoms with Crippen molar-refractivity contribution in [2.24, 2.45) is 0 Å². The molecule has 0 bridgehead atoms. The molecule has 1 saturated heterocycles. The van der Waals surface area contributed by atoms with E-state index in [2.05, 4.69) is 9.88 Å². The summed E-state index contributed by atoms with van der Waals surface area (Å²) in [6, 6.07) is 9.37. The summed E-state index contributed by atoms with van der Waals surface area (Å²) >= 11 is 5.90. The van der Waals surface area contributed by atoms with E-state index >= 15 is 0 Å². The summed E-state index contributed by atoms with van der Waals surface area (Å²) in [4.78, 5) is 19.2. The van der Waals surface area contributed by atoms with E-state index in [4.69, 9.17) is 25.8 Å². The molecule has 7 heteroatoms. The zero-order chi connectivity index (χ0) is 19.5. The maximum absolute atomic E-state index is 12.6. The second-order valence-corrected chi connectivity index (χ2v) is 7.52. The number of ether oxygens (including phenoxy) is 3. The molecule has 0 amide bonds. The molecule has 1 aromatic heterocycles. The first-order valence-electron chi connectivity index (χ1n) is 9.56. The third-order valence-corrected chi connectivity index (χ3v) is 5.40. The van der Waals surface area contributed by atoms with Gasteiger partial charge in [-0.25, -0.2) is 4.98 Å². The number of anilines is 1. The van der Waals surface area contributed by atoms with Crippen LogP contribution >= 0.6 is 11.6 Å². The number of halogens is 1. The predicted molar refractivity (Wildman–Crippen MR) is 106 cm³/mol. The highest BCUT2D eigenvalue weighted by molar-refractivity contribution is 6.30. The van der Waals surface area contributed by atoms with Gasteiger partial charge in [0.2, 0.25) is 0 Å². The van der Waals surface area contributed by atoms with Gasteiger partial charge >= 0.3 is 5.97 Å². The van der Waals surface area contributed by atoms with Crippen LogP contribution < -0.4 is 14.4 Å². The normalized spacial score (nSPS) is 17.9. The van der Waals surface area contributed by atoms with Gasteiger partial charge in [-0.15, -0.1) is 0 Å². The lowest BCUT2D eigenvalue weighted by Gasteiger charge is -2.33. The van der Waals surface area contributed by atoms with E-state index < -0.39 is 0 Å². The summed E-state index contributed by atoms with van der Waals surface area (Å²) < 4.78 is 16.9. The molecular weight excluding hydrogens is 380 g/mol. The number of nitrogens with zero attached hydrogens (tertiary/aromatic N) is 2.